The van der Waals surface area contributed by atoms with Crippen molar-refractivity contribution in [3.05, 3.63) is 55.2 Å². The van der Waals surface area contributed by atoms with Crippen molar-refractivity contribution in [2.75, 3.05) is 30.9 Å². The Kier molecular flexibility index (Phi) is 8.61. The fourth-order valence-corrected chi connectivity index (χ4v) is 3.95. The summed E-state index contributed by atoms with van der Waals surface area (Å²) in [6.45, 7) is 5.91. The molecule has 1 unspecified atom stereocenters. The van der Waals surface area contributed by atoms with Crippen molar-refractivity contribution >= 4 is 34.9 Å². The van der Waals surface area contributed by atoms with Crippen LogP contribution in [0.3, 0.4) is 0 Å². The number of methoxy groups -OCH3 is 1. The number of hydrogen-bond donors (Lipinski definition) is 2. The minimum Gasteiger partial charge on any atom is -0.383 e. The molecule has 0 saturated carbocycles. The van der Waals surface area contributed by atoms with Crippen LogP contribution in [0.1, 0.15) is 20.8 Å². The highest BCUT2D eigenvalue weighted by Gasteiger charge is 2.28. The molecule has 1 aromatic carbocycles. The van der Waals surface area contributed by atoms with Crippen molar-refractivity contribution in [3.8, 4) is 0 Å². The van der Waals surface area contributed by atoms with Crippen LogP contribution in [-0.4, -0.2) is 45.9 Å². The van der Waals surface area contributed by atoms with Gasteiger partial charge in [0.1, 0.15) is 5.82 Å². The van der Waals surface area contributed by atoms with Crippen LogP contribution < -0.4 is 21.9 Å². The Bertz CT molecular complexity index is 1080. The Morgan fingerprint density at radius 1 is 1.28 bits per heavy atom. The Morgan fingerprint density at radius 3 is 2.44 bits per heavy atom. The first-order valence-electron chi connectivity index (χ1n) is 9.90. The first-order chi connectivity index (χ1) is 15.1. The molecule has 2 rings (SSSR count). The normalized spacial score (nSPS) is 12.0. The van der Waals surface area contributed by atoms with Gasteiger partial charge >= 0.3 is 5.69 Å². The summed E-state index contributed by atoms with van der Waals surface area (Å²) in [6.07, 6.45) is 0. The molecule has 0 aliphatic carbocycles. The van der Waals surface area contributed by atoms with Crippen molar-refractivity contribution < 1.29 is 14.5 Å². The van der Waals surface area contributed by atoms with Gasteiger partial charge in [-0.2, -0.15) is 0 Å². The zero-order chi connectivity index (χ0) is 24.0. The minimum absolute atomic E-state index is 0.0493. The number of carbonyl (C=O) groups is 1. The number of nitrogens with zero attached hydrogens (tertiary/aromatic N) is 3. The monoisotopic (exact) mass is 465 g/mol. The van der Waals surface area contributed by atoms with E-state index < -0.39 is 27.3 Å². The summed E-state index contributed by atoms with van der Waals surface area (Å²) in [5, 5.41) is 10.2. The van der Waals surface area contributed by atoms with Gasteiger partial charge in [-0.25, -0.2) is 4.79 Å². The van der Waals surface area contributed by atoms with Crippen LogP contribution in [-0.2, 0) is 16.1 Å². The number of amides is 1. The molecule has 1 atom stereocenters. The third-order valence-electron chi connectivity index (χ3n) is 4.52. The van der Waals surface area contributed by atoms with Gasteiger partial charge in [0.05, 0.1) is 16.8 Å². The topological polar surface area (TPSA) is 154 Å². The number of thioether (sulfide) groups is 1. The predicted octanol–water partition coefficient (Wildman–Crippen LogP) is 1.84. The molecule has 2 aromatic rings. The number of aromatic nitrogens is 2. The summed E-state index contributed by atoms with van der Waals surface area (Å²) in [4.78, 5) is 52.6. The number of hydrogen-bond acceptors (Lipinski definition) is 8. The van der Waals surface area contributed by atoms with E-state index in [1.165, 1.54) is 40.5 Å². The standard InChI is InChI=1S/C20H27N5O6S/c1-12(2)11-24-17(21)16(18(26)22-20(24)28)23(9-10-31-4)19(27)13(3)32-15-7-5-14(6-8-15)25(29)30/h5-8,12-13H,9-11,21H2,1-4H3,(H,22,26,28). The number of non-ortho nitro benzene ring substituents is 1. The quantitative estimate of drug-likeness (QED) is 0.306. The number of H-pyrrole nitrogens is 1. The van der Waals surface area contributed by atoms with Crippen molar-refractivity contribution in [2.24, 2.45) is 5.92 Å². The number of anilines is 2. The third-order valence-corrected chi connectivity index (χ3v) is 5.62. The van der Waals surface area contributed by atoms with Crippen LogP contribution in [0, 0.1) is 16.0 Å². The molecule has 1 heterocycles. The Labute approximate surface area is 188 Å². The zero-order valence-corrected chi connectivity index (χ0v) is 19.2. The summed E-state index contributed by atoms with van der Waals surface area (Å²) in [5.74, 6) is -0.435. The van der Waals surface area contributed by atoms with Crippen LogP contribution in [0.25, 0.3) is 0 Å². The number of carbonyl (C=O) groups excluding carboxylic acids is 1. The SMILES string of the molecule is COCCN(C(=O)C(C)Sc1ccc([N+](=O)[O-])cc1)c1c(N)n(CC(C)C)c(=O)[nH]c1=O. The zero-order valence-electron chi connectivity index (χ0n) is 18.4. The number of benzene rings is 1. The number of nitro benzene ring substituents is 1. The summed E-state index contributed by atoms with van der Waals surface area (Å²) in [6, 6.07) is 5.81. The van der Waals surface area contributed by atoms with Gasteiger partial charge in [0.2, 0.25) is 5.91 Å². The second-order valence-corrected chi connectivity index (χ2v) is 8.91. The first-order valence-corrected chi connectivity index (χ1v) is 10.8. The van der Waals surface area contributed by atoms with E-state index in [-0.39, 0.29) is 42.8 Å². The highest BCUT2D eigenvalue weighted by Crippen LogP contribution is 2.28. The lowest BCUT2D eigenvalue weighted by molar-refractivity contribution is -0.384. The van der Waals surface area contributed by atoms with Crippen LogP contribution in [0.15, 0.2) is 38.8 Å². The van der Waals surface area contributed by atoms with E-state index in [9.17, 15) is 24.5 Å². The minimum atomic E-state index is -0.760. The average Bonchev–Trinajstić information content (AvgIpc) is 2.73. The van der Waals surface area contributed by atoms with Crippen molar-refractivity contribution in [1.29, 1.82) is 0 Å². The van der Waals surface area contributed by atoms with Crippen LogP contribution in [0.5, 0.6) is 0 Å². The fourth-order valence-electron chi connectivity index (χ4n) is 3.02. The van der Waals surface area contributed by atoms with Crippen molar-refractivity contribution in [3.63, 3.8) is 0 Å². The van der Waals surface area contributed by atoms with Gasteiger partial charge in [-0.1, -0.05) is 13.8 Å². The van der Waals surface area contributed by atoms with E-state index in [1.807, 2.05) is 13.8 Å². The maximum Gasteiger partial charge on any atom is 0.330 e. The molecule has 12 heteroatoms. The second-order valence-electron chi connectivity index (χ2n) is 7.49. The van der Waals surface area contributed by atoms with Crippen molar-refractivity contribution in [2.45, 2.75) is 37.5 Å². The van der Waals surface area contributed by atoms with Gasteiger partial charge in [-0.3, -0.25) is 29.3 Å². The van der Waals surface area contributed by atoms with Gasteiger partial charge in [0.15, 0.2) is 5.69 Å². The van der Waals surface area contributed by atoms with E-state index in [0.717, 1.165) is 0 Å². The maximum absolute atomic E-state index is 13.3. The molecule has 0 bridgehead atoms. The van der Waals surface area contributed by atoms with E-state index in [4.69, 9.17) is 10.5 Å². The highest BCUT2D eigenvalue weighted by molar-refractivity contribution is 8.00. The number of nitrogens with one attached hydrogen (secondary N) is 1. The summed E-state index contributed by atoms with van der Waals surface area (Å²) >= 11 is 1.18. The maximum atomic E-state index is 13.3. The lowest BCUT2D eigenvalue weighted by Gasteiger charge is -2.27. The second kappa shape index (κ2) is 11.0. The Balaban J connectivity index is 2.40. The van der Waals surface area contributed by atoms with Gasteiger partial charge in [-0.05, 0) is 25.0 Å². The molecule has 0 saturated heterocycles. The molecule has 32 heavy (non-hydrogen) atoms. The largest absolute Gasteiger partial charge is 0.383 e. The molecule has 0 aliphatic heterocycles. The molecule has 11 nitrogen and oxygen atoms in total. The Hall–Kier alpha value is -3.12. The number of nitrogens with two attached hydrogens (primary N) is 1. The molecule has 1 aromatic heterocycles. The van der Waals surface area contributed by atoms with Crippen LogP contribution >= 0.6 is 11.8 Å². The predicted molar refractivity (Wildman–Crippen MR) is 123 cm³/mol. The third kappa shape index (κ3) is 5.98. The highest BCUT2D eigenvalue weighted by atomic mass is 32.2. The van der Waals surface area contributed by atoms with E-state index in [1.54, 1.807) is 19.1 Å². The summed E-state index contributed by atoms with van der Waals surface area (Å²) in [5.41, 5.74) is 4.62. The van der Waals surface area contributed by atoms with Gasteiger partial charge in [0, 0.05) is 37.2 Å². The lowest BCUT2D eigenvalue weighted by atomic mass is 10.2. The molecule has 1 amide bonds. The van der Waals surface area contributed by atoms with E-state index in [0.29, 0.717) is 4.90 Å². The van der Waals surface area contributed by atoms with Gasteiger partial charge in [-0.15, -0.1) is 11.8 Å². The number of aromatic amines is 1. The molecule has 0 radical (unpaired) electrons. The van der Waals surface area contributed by atoms with Crippen molar-refractivity contribution in [1.82, 2.24) is 9.55 Å². The van der Waals surface area contributed by atoms with E-state index in [2.05, 4.69) is 4.98 Å². The van der Waals surface area contributed by atoms with Crippen LogP contribution in [0.2, 0.25) is 0 Å². The molecular weight excluding hydrogens is 438 g/mol. The molecule has 3 N–H and O–H groups in total. The van der Waals surface area contributed by atoms with Crippen LogP contribution in [0.4, 0.5) is 17.2 Å². The molecule has 0 spiro atoms. The lowest BCUT2D eigenvalue weighted by Crippen LogP contribution is -2.45. The van der Waals surface area contributed by atoms with Gasteiger partial charge in [0.25, 0.3) is 11.2 Å². The molecular formula is C20H27N5O6S. The molecule has 174 valence electrons. The van der Waals surface area contributed by atoms with E-state index >= 15 is 0 Å². The molecule has 0 fully saturated rings. The van der Waals surface area contributed by atoms with Gasteiger partial charge < -0.3 is 15.4 Å². The summed E-state index contributed by atoms with van der Waals surface area (Å²) < 4.78 is 6.33. The Morgan fingerprint density at radius 2 is 1.91 bits per heavy atom. The first kappa shape index (κ1) is 25.1. The smallest absolute Gasteiger partial charge is 0.330 e. The number of nitro groups is 1. The fraction of sp³-hybridized carbons (Fsp3) is 0.450. The number of ether oxygens (including phenoxy) is 1. The number of rotatable bonds is 10. The number of nitrogen functional groups attached to an aromatic ring is 1. The summed E-state index contributed by atoms with van der Waals surface area (Å²) in [7, 11) is 1.46. The molecule has 0 aliphatic rings. The average molecular weight is 466 g/mol.